The van der Waals surface area contributed by atoms with Crippen LogP contribution in [0, 0.1) is 0 Å². The van der Waals surface area contributed by atoms with Gasteiger partial charge in [0.05, 0.1) is 6.10 Å². The van der Waals surface area contributed by atoms with Gasteiger partial charge in [-0.3, -0.25) is 4.79 Å². The van der Waals surface area contributed by atoms with Gasteiger partial charge in [-0.2, -0.15) is 0 Å². The lowest BCUT2D eigenvalue weighted by Gasteiger charge is -2.25. The van der Waals surface area contributed by atoms with Gasteiger partial charge < -0.3 is 9.84 Å². The van der Waals surface area contributed by atoms with Crippen molar-refractivity contribution in [1.29, 1.82) is 0 Å². The van der Waals surface area contributed by atoms with E-state index in [1.54, 1.807) is 0 Å². The molecule has 0 amide bonds. The van der Waals surface area contributed by atoms with Gasteiger partial charge in [-0.05, 0) is 44.9 Å². The number of allylic oxidation sites excluding steroid dienone is 5. The van der Waals surface area contributed by atoms with Crippen LogP contribution in [0.4, 0.5) is 0 Å². The molecule has 1 saturated heterocycles. The molecule has 3 heteroatoms. The molecule has 0 aromatic carbocycles. The fraction of sp³-hybridized carbons (Fsp3) is 0.650. The van der Waals surface area contributed by atoms with Crippen LogP contribution in [-0.4, -0.2) is 23.3 Å². The van der Waals surface area contributed by atoms with Crippen LogP contribution in [0.25, 0.3) is 0 Å². The molecule has 3 nitrogen and oxygen atoms in total. The smallest absolute Gasteiger partial charge is 0.306 e. The lowest BCUT2D eigenvalue weighted by Crippen LogP contribution is -2.34. The van der Waals surface area contributed by atoms with E-state index in [1.807, 2.05) is 6.08 Å². The Balaban J connectivity index is 2.05. The number of esters is 1. The highest BCUT2D eigenvalue weighted by Gasteiger charge is 2.26. The summed E-state index contributed by atoms with van der Waals surface area (Å²) in [5.41, 5.74) is 0. The molecule has 2 atom stereocenters. The molecule has 1 fully saturated rings. The fourth-order valence-corrected chi connectivity index (χ4v) is 2.56. The zero-order valence-corrected chi connectivity index (χ0v) is 14.5. The first-order valence-electron chi connectivity index (χ1n) is 9.06. The third-order valence-corrected chi connectivity index (χ3v) is 3.98. The minimum Gasteiger partial charge on any atom is -0.460 e. The summed E-state index contributed by atoms with van der Waals surface area (Å²) in [7, 11) is 0. The summed E-state index contributed by atoms with van der Waals surface area (Å²) in [6.07, 6.45) is 21.5. The Hall–Kier alpha value is -1.35. The third kappa shape index (κ3) is 10.1. The molecule has 130 valence electrons. The lowest BCUT2D eigenvalue weighted by molar-refractivity contribution is -0.160. The highest BCUT2D eigenvalue weighted by atomic mass is 16.6. The van der Waals surface area contributed by atoms with Gasteiger partial charge in [-0.25, -0.2) is 0 Å². The molecule has 0 saturated carbocycles. The molecule has 0 aliphatic carbocycles. The standard InChI is InChI=1S/C20H32O3/c1-2-3-4-5-6-7-8-9-10-11-12-13-15-18(21)19-16-14-17-20(22)23-19/h6-7,9-10,12-13,18-19,21H,2-5,8,11,14-17H2,1H3/b7-6-,10-9-,13-12-. The monoisotopic (exact) mass is 320 g/mol. The third-order valence-electron chi connectivity index (χ3n) is 3.98. The van der Waals surface area contributed by atoms with Crippen LogP contribution in [-0.2, 0) is 9.53 Å². The fourth-order valence-electron chi connectivity index (χ4n) is 2.56. The summed E-state index contributed by atoms with van der Waals surface area (Å²) in [6, 6.07) is 0. The number of ether oxygens (including phenoxy) is 1. The van der Waals surface area contributed by atoms with Crippen molar-refractivity contribution in [3.63, 3.8) is 0 Å². The first-order valence-corrected chi connectivity index (χ1v) is 9.06. The van der Waals surface area contributed by atoms with E-state index in [1.165, 1.54) is 25.7 Å². The van der Waals surface area contributed by atoms with Crippen LogP contribution in [0.1, 0.15) is 71.1 Å². The molecule has 2 unspecified atom stereocenters. The number of carbonyl (C=O) groups is 1. The first-order chi connectivity index (χ1) is 11.2. The molecule has 1 aliphatic rings. The molecule has 0 bridgehead atoms. The van der Waals surface area contributed by atoms with Crippen LogP contribution >= 0.6 is 0 Å². The Kier molecular flexibility index (Phi) is 11.2. The summed E-state index contributed by atoms with van der Waals surface area (Å²) in [6.45, 7) is 2.22. The quantitative estimate of drug-likeness (QED) is 0.336. The van der Waals surface area contributed by atoms with Crippen molar-refractivity contribution < 1.29 is 14.6 Å². The van der Waals surface area contributed by atoms with E-state index in [9.17, 15) is 9.90 Å². The molecule has 0 aromatic heterocycles. The second-order valence-electron chi connectivity index (χ2n) is 6.10. The number of unbranched alkanes of at least 4 members (excludes halogenated alkanes) is 3. The molecule has 0 aromatic rings. The molecular formula is C20H32O3. The molecule has 1 aliphatic heterocycles. The van der Waals surface area contributed by atoms with Gasteiger partial charge >= 0.3 is 5.97 Å². The van der Waals surface area contributed by atoms with Gasteiger partial charge in [0.2, 0.25) is 0 Å². The molecule has 23 heavy (non-hydrogen) atoms. The minimum atomic E-state index is -0.578. The average Bonchev–Trinajstić information content (AvgIpc) is 2.55. The van der Waals surface area contributed by atoms with Crippen molar-refractivity contribution in [3.05, 3.63) is 36.5 Å². The molecule has 1 rings (SSSR count). The topological polar surface area (TPSA) is 46.5 Å². The number of hydrogen-bond donors (Lipinski definition) is 1. The predicted molar refractivity (Wildman–Crippen MR) is 95.2 cm³/mol. The van der Waals surface area contributed by atoms with Crippen molar-refractivity contribution in [2.24, 2.45) is 0 Å². The van der Waals surface area contributed by atoms with E-state index in [0.29, 0.717) is 12.8 Å². The number of hydrogen-bond acceptors (Lipinski definition) is 3. The van der Waals surface area contributed by atoms with E-state index < -0.39 is 6.10 Å². The van der Waals surface area contributed by atoms with E-state index in [-0.39, 0.29) is 12.1 Å². The summed E-state index contributed by atoms with van der Waals surface area (Å²) in [5, 5.41) is 10.00. The number of carbonyl (C=O) groups excluding carboxylic acids is 1. The Morgan fingerprint density at radius 3 is 2.52 bits per heavy atom. The Bertz CT molecular complexity index is 396. The predicted octanol–water partition coefficient (Wildman–Crippen LogP) is 4.86. The van der Waals surface area contributed by atoms with E-state index in [2.05, 4.69) is 37.3 Å². The summed E-state index contributed by atoms with van der Waals surface area (Å²) in [4.78, 5) is 11.2. The summed E-state index contributed by atoms with van der Waals surface area (Å²) < 4.78 is 5.16. The van der Waals surface area contributed by atoms with Gasteiger partial charge in [0.25, 0.3) is 0 Å². The largest absolute Gasteiger partial charge is 0.460 e. The molecule has 0 radical (unpaired) electrons. The van der Waals surface area contributed by atoms with Gasteiger partial charge in [0.1, 0.15) is 6.10 Å². The highest BCUT2D eigenvalue weighted by Crippen LogP contribution is 2.18. The van der Waals surface area contributed by atoms with Crippen LogP contribution in [0.2, 0.25) is 0 Å². The number of cyclic esters (lactones) is 1. The van der Waals surface area contributed by atoms with E-state index in [0.717, 1.165) is 25.7 Å². The van der Waals surface area contributed by atoms with Crippen molar-refractivity contribution in [2.75, 3.05) is 0 Å². The van der Waals surface area contributed by atoms with E-state index in [4.69, 9.17) is 4.74 Å². The molecule has 0 spiro atoms. The van der Waals surface area contributed by atoms with Crippen LogP contribution in [0.15, 0.2) is 36.5 Å². The van der Waals surface area contributed by atoms with E-state index >= 15 is 0 Å². The normalized spacial score (nSPS) is 20.6. The Morgan fingerprint density at radius 2 is 1.83 bits per heavy atom. The Morgan fingerprint density at radius 1 is 1.13 bits per heavy atom. The number of aliphatic hydroxyl groups excluding tert-OH is 1. The van der Waals surface area contributed by atoms with Crippen molar-refractivity contribution >= 4 is 5.97 Å². The van der Waals surface area contributed by atoms with Gasteiger partial charge in [0.15, 0.2) is 0 Å². The molecule has 1 heterocycles. The molecular weight excluding hydrogens is 288 g/mol. The Labute approximate surface area is 141 Å². The van der Waals surface area contributed by atoms with Gasteiger partial charge in [-0.1, -0.05) is 56.2 Å². The number of aliphatic hydroxyl groups is 1. The zero-order chi connectivity index (χ0) is 16.8. The van der Waals surface area contributed by atoms with Crippen LogP contribution < -0.4 is 0 Å². The highest BCUT2D eigenvalue weighted by molar-refractivity contribution is 5.70. The maximum Gasteiger partial charge on any atom is 0.306 e. The molecule has 1 N–H and O–H groups in total. The van der Waals surface area contributed by atoms with Crippen molar-refractivity contribution in [1.82, 2.24) is 0 Å². The second-order valence-corrected chi connectivity index (χ2v) is 6.10. The van der Waals surface area contributed by atoms with Crippen LogP contribution in [0.5, 0.6) is 0 Å². The first kappa shape index (κ1) is 19.7. The van der Waals surface area contributed by atoms with Gasteiger partial charge in [-0.15, -0.1) is 0 Å². The maximum atomic E-state index is 11.2. The zero-order valence-electron chi connectivity index (χ0n) is 14.5. The summed E-state index contributed by atoms with van der Waals surface area (Å²) >= 11 is 0. The van der Waals surface area contributed by atoms with Crippen LogP contribution in [0.3, 0.4) is 0 Å². The van der Waals surface area contributed by atoms with Crippen molar-refractivity contribution in [2.45, 2.75) is 83.3 Å². The van der Waals surface area contributed by atoms with Crippen molar-refractivity contribution in [3.8, 4) is 0 Å². The summed E-state index contributed by atoms with van der Waals surface area (Å²) in [5.74, 6) is -0.185. The van der Waals surface area contributed by atoms with Gasteiger partial charge in [0, 0.05) is 6.42 Å². The minimum absolute atomic E-state index is 0.185. The second kappa shape index (κ2) is 13.1. The number of rotatable bonds is 11. The maximum absolute atomic E-state index is 11.2. The lowest BCUT2D eigenvalue weighted by atomic mass is 10.0. The average molecular weight is 320 g/mol. The SMILES string of the molecule is CCCCC/C=C\C/C=C\C/C=C\CC(O)C1CCCC(=O)O1.